The fourth-order valence-electron chi connectivity index (χ4n) is 0.842. The van der Waals surface area contributed by atoms with Crippen LogP contribution in [0.5, 0.6) is 0 Å². The van der Waals surface area contributed by atoms with Gasteiger partial charge in [-0.25, -0.2) is 4.98 Å². The van der Waals surface area contributed by atoms with E-state index in [4.69, 9.17) is 5.53 Å². The van der Waals surface area contributed by atoms with Crippen molar-refractivity contribution in [2.24, 2.45) is 5.11 Å². The van der Waals surface area contributed by atoms with Crippen molar-refractivity contribution in [2.75, 3.05) is 0 Å². The third-order valence-electron chi connectivity index (χ3n) is 1.39. The number of thiazole rings is 1. The third-order valence-corrected chi connectivity index (χ3v) is 2.49. The molecule has 0 amide bonds. The summed E-state index contributed by atoms with van der Waals surface area (Å²) >= 11 is 1.52. The predicted octanol–water partition coefficient (Wildman–Crippen LogP) is 2.82. The lowest BCUT2D eigenvalue weighted by Gasteiger charge is -1.99. The van der Waals surface area contributed by atoms with Gasteiger partial charge in [-0.1, -0.05) is 12.0 Å². The summed E-state index contributed by atoms with van der Waals surface area (Å²) in [6.45, 7) is 3.77. The van der Waals surface area contributed by atoms with Gasteiger partial charge in [0.15, 0.2) is 0 Å². The van der Waals surface area contributed by atoms with E-state index < -0.39 is 0 Å². The van der Waals surface area contributed by atoms with Crippen LogP contribution in [0.4, 0.5) is 0 Å². The van der Waals surface area contributed by atoms with E-state index in [0.29, 0.717) is 0 Å². The van der Waals surface area contributed by atoms with E-state index in [0.717, 1.165) is 10.6 Å². The first-order valence-corrected chi connectivity index (χ1v) is 4.08. The predicted molar refractivity (Wildman–Crippen MR) is 44.4 cm³/mol. The fraction of sp³-hybridized carbons (Fsp3) is 0.500. The standard InChI is InChI=1S/C6H8N4S/c1-4-6(11-3-8-4)5(2)9-10-7/h3,5H,1-2H3/t5-/m1/s1. The minimum Gasteiger partial charge on any atom is -0.250 e. The number of hydrogen-bond donors (Lipinski definition) is 0. The molecular formula is C6H8N4S. The number of nitrogens with zero attached hydrogens (tertiary/aromatic N) is 4. The highest BCUT2D eigenvalue weighted by Crippen LogP contribution is 2.23. The van der Waals surface area contributed by atoms with Gasteiger partial charge in [-0.05, 0) is 12.5 Å². The van der Waals surface area contributed by atoms with Crippen LogP contribution in [0, 0.1) is 6.92 Å². The Labute approximate surface area is 68.5 Å². The largest absolute Gasteiger partial charge is 0.250 e. The van der Waals surface area contributed by atoms with E-state index in [2.05, 4.69) is 15.0 Å². The summed E-state index contributed by atoms with van der Waals surface area (Å²) in [5.74, 6) is 0. The monoisotopic (exact) mass is 168 g/mol. The molecule has 0 spiro atoms. The van der Waals surface area contributed by atoms with Crippen LogP contribution in [-0.2, 0) is 0 Å². The zero-order chi connectivity index (χ0) is 8.27. The van der Waals surface area contributed by atoms with Gasteiger partial charge >= 0.3 is 0 Å². The summed E-state index contributed by atoms with van der Waals surface area (Å²) in [5, 5.41) is 3.58. The maximum atomic E-state index is 8.17. The van der Waals surface area contributed by atoms with Crippen molar-refractivity contribution in [1.29, 1.82) is 0 Å². The van der Waals surface area contributed by atoms with Crippen molar-refractivity contribution in [1.82, 2.24) is 4.98 Å². The Balaban J connectivity index is 2.92. The van der Waals surface area contributed by atoms with E-state index in [1.165, 1.54) is 11.3 Å². The Kier molecular flexibility index (Phi) is 2.46. The van der Waals surface area contributed by atoms with Gasteiger partial charge in [-0.2, -0.15) is 0 Å². The second-order valence-electron chi connectivity index (χ2n) is 2.18. The fourth-order valence-corrected chi connectivity index (χ4v) is 1.63. The summed E-state index contributed by atoms with van der Waals surface area (Å²) < 4.78 is 0. The molecule has 1 atom stereocenters. The van der Waals surface area contributed by atoms with Gasteiger partial charge in [0, 0.05) is 9.79 Å². The first-order chi connectivity index (χ1) is 5.25. The van der Waals surface area contributed by atoms with Crippen LogP contribution in [0.1, 0.15) is 23.5 Å². The molecule has 0 aromatic carbocycles. The Hall–Kier alpha value is -1.06. The van der Waals surface area contributed by atoms with Crippen LogP contribution in [0.15, 0.2) is 10.6 Å². The molecule has 4 nitrogen and oxygen atoms in total. The molecule has 0 saturated carbocycles. The van der Waals surface area contributed by atoms with Crippen molar-refractivity contribution in [3.8, 4) is 0 Å². The quantitative estimate of drug-likeness (QED) is 0.380. The van der Waals surface area contributed by atoms with Gasteiger partial charge in [0.05, 0.1) is 17.2 Å². The molecule has 0 saturated heterocycles. The van der Waals surface area contributed by atoms with Crippen LogP contribution in [0.3, 0.4) is 0 Å². The van der Waals surface area contributed by atoms with Crippen molar-refractivity contribution < 1.29 is 0 Å². The Morgan fingerprint density at radius 3 is 3.00 bits per heavy atom. The van der Waals surface area contributed by atoms with E-state index in [9.17, 15) is 0 Å². The molecule has 0 radical (unpaired) electrons. The van der Waals surface area contributed by atoms with Crippen LogP contribution in [-0.4, -0.2) is 4.98 Å². The number of azide groups is 1. The van der Waals surface area contributed by atoms with E-state index >= 15 is 0 Å². The summed E-state index contributed by atoms with van der Waals surface area (Å²) in [6, 6.07) is -0.0903. The summed E-state index contributed by atoms with van der Waals surface area (Å²) in [7, 11) is 0. The molecule has 0 unspecified atom stereocenters. The molecule has 1 aromatic rings. The molecule has 0 fully saturated rings. The van der Waals surface area contributed by atoms with Crippen LogP contribution in [0.25, 0.3) is 10.4 Å². The van der Waals surface area contributed by atoms with Gasteiger partial charge in [0.1, 0.15) is 0 Å². The minimum absolute atomic E-state index is 0.0903. The van der Waals surface area contributed by atoms with E-state index in [-0.39, 0.29) is 6.04 Å². The number of aromatic nitrogens is 1. The molecule has 5 heteroatoms. The van der Waals surface area contributed by atoms with Gasteiger partial charge < -0.3 is 0 Å². The average molecular weight is 168 g/mol. The Morgan fingerprint density at radius 2 is 2.55 bits per heavy atom. The average Bonchev–Trinajstić information content (AvgIpc) is 2.36. The summed E-state index contributed by atoms with van der Waals surface area (Å²) in [6.07, 6.45) is 0. The summed E-state index contributed by atoms with van der Waals surface area (Å²) in [4.78, 5) is 7.84. The lowest BCUT2D eigenvalue weighted by molar-refractivity contribution is 0.815. The van der Waals surface area contributed by atoms with Gasteiger partial charge in [0.2, 0.25) is 0 Å². The highest BCUT2D eigenvalue weighted by Gasteiger charge is 2.07. The number of hydrogen-bond acceptors (Lipinski definition) is 3. The molecular weight excluding hydrogens is 160 g/mol. The molecule has 0 aliphatic heterocycles. The van der Waals surface area contributed by atoms with E-state index in [1.54, 1.807) is 5.51 Å². The second kappa shape index (κ2) is 3.37. The highest BCUT2D eigenvalue weighted by atomic mass is 32.1. The maximum Gasteiger partial charge on any atom is 0.0797 e. The molecule has 0 aliphatic carbocycles. The molecule has 1 heterocycles. The maximum absolute atomic E-state index is 8.17. The molecule has 1 rings (SSSR count). The third kappa shape index (κ3) is 1.69. The minimum atomic E-state index is -0.0903. The molecule has 0 bridgehead atoms. The Bertz CT molecular complexity index is 287. The smallest absolute Gasteiger partial charge is 0.0797 e. The van der Waals surface area contributed by atoms with Gasteiger partial charge in [-0.3, -0.25) is 0 Å². The van der Waals surface area contributed by atoms with Gasteiger partial charge in [0.25, 0.3) is 0 Å². The zero-order valence-electron chi connectivity index (χ0n) is 6.35. The van der Waals surface area contributed by atoms with Crippen LogP contribution < -0.4 is 0 Å². The molecule has 0 N–H and O–H groups in total. The van der Waals surface area contributed by atoms with Crippen molar-refractivity contribution in [2.45, 2.75) is 19.9 Å². The molecule has 1 aromatic heterocycles. The zero-order valence-corrected chi connectivity index (χ0v) is 7.17. The van der Waals surface area contributed by atoms with Crippen molar-refractivity contribution in [3.63, 3.8) is 0 Å². The SMILES string of the molecule is Cc1ncsc1[C@@H](C)N=[N+]=[N-]. The number of rotatable bonds is 2. The molecule has 0 aliphatic rings. The van der Waals surface area contributed by atoms with E-state index in [1.807, 2.05) is 13.8 Å². The molecule has 58 valence electrons. The van der Waals surface area contributed by atoms with Gasteiger partial charge in [-0.15, -0.1) is 11.3 Å². The van der Waals surface area contributed by atoms with Crippen LogP contribution in [0.2, 0.25) is 0 Å². The highest BCUT2D eigenvalue weighted by molar-refractivity contribution is 7.09. The Morgan fingerprint density at radius 1 is 1.82 bits per heavy atom. The summed E-state index contributed by atoms with van der Waals surface area (Å²) in [5.41, 5.74) is 10.9. The lowest BCUT2D eigenvalue weighted by Crippen LogP contribution is -1.86. The lowest BCUT2D eigenvalue weighted by atomic mass is 10.2. The number of aryl methyl sites for hydroxylation is 1. The topological polar surface area (TPSA) is 61.7 Å². The molecule has 11 heavy (non-hydrogen) atoms. The normalized spacial score (nSPS) is 12.2. The van der Waals surface area contributed by atoms with Crippen molar-refractivity contribution in [3.05, 3.63) is 26.5 Å². The second-order valence-corrected chi connectivity index (χ2v) is 3.07. The van der Waals surface area contributed by atoms with Crippen molar-refractivity contribution >= 4 is 11.3 Å². The first-order valence-electron chi connectivity index (χ1n) is 3.20. The van der Waals surface area contributed by atoms with Crippen LogP contribution >= 0.6 is 11.3 Å². The first kappa shape index (κ1) is 8.04.